The number of nitrogens with two attached hydrogens (primary N) is 1. The van der Waals surface area contributed by atoms with Crippen molar-refractivity contribution in [2.45, 2.75) is 20.5 Å². The Labute approximate surface area is 124 Å². The average Bonchev–Trinajstić information content (AvgIpc) is 2.64. The first-order valence-corrected chi connectivity index (χ1v) is 7.30. The molecule has 0 spiro atoms. The van der Waals surface area contributed by atoms with E-state index in [0.29, 0.717) is 18.2 Å². The van der Waals surface area contributed by atoms with Gasteiger partial charge < -0.3 is 10.5 Å². The molecule has 0 amide bonds. The van der Waals surface area contributed by atoms with E-state index in [2.05, 4.69) is 52.5 Å². The molecule has 2 N–H and O–H groups in total. The zero-order valence-electron chi connectivity index (χ0n) is 10.5. The van der Waals surface area contributed by atoms with Crippen LogP contribution in [-0.2, 0) is 11.3 Å². The first-order valence-electron chi connectivity index (χ1n) is 5.41. The summed E-state index contributed by atoms with van der Waals surface area (Å²) in [5, 5.41) is 0. The average molecular weight is 375 g/mol. The van der Waals surface area contributed by atoms with Crippen molar-refractivity contribution < 1.29 is 4.74 Å². The Hall–Kier alpha value is -0.730. The number of rotatable bonds is 3. The maximum absolute atomic E-state index is 5.94. The molecule has 0 unspecified atom stereocenters. The maximum atomic E-state index is 5.94. The van der Waals surface area contributed by atoms with E-state index in [4.69, 9.17) is 10.5 Å². The van der Waals surface area contributed by atoms with Crippen LogP contribution in [0.4, 0.5) is 5.82 Å². The highest BCUT2D eigenvalue weighted by Crippen LogP contribution is 2.30. The largest absolute Gasteiger partial charge is 0.383 e. The summed E-state index contributed by atoms with van der Waals surface area (Å²) in [4.78, 5) is 11.4. The number of aromatic nitrogens is 2. The molecule has 96 valence electrons. The molecule has 2 aromatic heterocycles. The van der Waals surface area contributed by atoms with E-state index in [1.54, 1.807) is 18.4 Å². The van der Waals surface area contributed by atoms with E-state index in [1.807, 2.05) is 0 Å². The molecule has 18 heavy (non-hydrogen) atoms. The van der Waals surface area contributed by atoms with Crippen molar-refractivity contribution in [3.05, 3.63) is 25.1 Å². The van der Waals surface area contributed by atoms with E-state index in [1.165, 1.54) is 9.75 Å². The van der Waals surface area contributed by atoms with Crippen LogP contribution in [0.25, 0.3) is 11.4 Å². The summed E-state index contributed by atoms with van der Waals surface area (Å²) < 4.78 is 6.01. The summed E-state index contributed by atoms with van der Waals surface area (Å²) in [5.41, 5.74) is 7.83. The van der Waals surface area contributed by atoms with E-state index < -0.39 is 0 Å². The monoisotopic (exact) mass is 375 g/mol. The predicted octanol–water partition coefficient (Wildman–Crippen LogP) is 3.16. The van der Waals surface area contributed by atoms with Gasteiger partial charge in [-0.1, -0.05) is 0 Å². The lowest BCUT2D eigenvalue weighted by Gasteiger charge is -2.08. The summed E-state index contributed by atoms with van der Waals surface area (Å²) in [6.07, 6.45) is 0. The Bertz CT molecular complexity index is 583. The SMILES string of the molecule is COCc1nc(-c2cc(C)sc2C)nc(N)c1I. The van der Waals surface area contributed by atoms with Gasteiger partial charge >= 0.3 is 0 Å². The number of methoxy groups -OCH3 is 1. The summed E-state index contributed by atoms with van der Waals surface area (Å²) in [6, 6.07) is 2.10. The number of ether oxygens (including phenoxy) is 1. The van der Waals surface area contributed by atoms with E-state index >= 15 is 0 Å². The second kappa shape index (κ2) is 5.50. The normalized spacial score (nSPS) is 10.9. The maximum Gasteiger partial charge on any atom is 0.163 e. The highest BCUT2D eigenvalue weighted by atomic mass is 127. The van der Waals surface area contributed by atoms with Crippen molar-refractivity contribution in [3.8, 4) is 11.4 Å². The highest BCUT2D eigenvalue weighted by molar-refractivity contribution is 14.1. The van der Waals surface area contributed by atoms with Crippen LogP contribution in [0.1, 0.15) is 15.4 Å². The molecule has 0 aliphatic heterocycles. The molecule has 0 radical (unpaired) electrons. The summed E-state index contributed by atoms with van der Waals surface area (Å²) in [5.74, 6) is 1.19. The van der Waals surface area contributed by atoms with Crippen LogP contribution in [0.2, 0.25) is 0 Å². The number of hydrogen-bond donors (Lipinski definition) is 1. The molecular weight excluding hydrogens is 361 g/mol. The van der Waals surface area contributed by atoms with Crippen molar-refractivity contribution >= 4 is 39.7 Å². The Morgan fingerprint density at radius 2 is 2.11 bits per heavy atom. The lowest BCUT2D eigenvalue weighted by molar-refractivity contribution is 0.181. The molecule has 2 aromatic rings. The van der Waals surface area contributed by atoms with Crippen LogP contribution >= 0.6 is 33.9 Å². The molecule has 0 aliphatic rings. The molecule has 0 fully saturated rings. The molecule has 0 atom stereocenters. The number of hydrogen-bond acceptors (Lipinski definition) is 5. The zero-order chi connectivity index (χ0) is 13.3. The van der Waals surface area contributed by atoms with Gasteiger partial charge in [-0.3, -0.25) is 0 Å². The van der Waals surface area contributed by atoms with Gasteiger partial charge in [0.05, 0.1) is 15.9 Å². The third-order valence-corrected chi connectivity index (χ3v) is 4.65. The Morgan fingerprint density at radius 3 is 2.67 bits per heavy atom. The van der Waals surface area contributed by atoms with Crippen LogP contribution in [0.3, 0.4) is 0 Å². The second-order valence-corrected chi connectivity index (χ2v) is 6.49. The van der Waals surface area contributed by atoms with Gasteiger partial charge in [-0.15, -0.1) is 11.3 Å². The van der Waals surface area contributed by atoms with E-state index in [9.17, 15) is 0 Å². The van der Waals surface area contributed by atoms with E-state index in [-0.39, 0.29) is 0 Å². The van der Waals surface area contributed by atoms with Crippen molar-refractivity contribution in [2.24, 2.45) is 0 Å². The van der Waals surface area contributed by atoms with E-state index in [0.717, 1.165) is 14.8 Å². The highest BCUT2D eigenvalue weighted by Gasteiger charge is 2.14. The van der Waals surface area contributed by atoms with Crippen LogP contribution in [0, 0.1) is 17.4 Å². The topological polar surface area (TPSA) is 61.0 Å². The standard InChI is InChI=1S/C12H14IN3OS/c1-6-4-8(7(2)18-6)12-15-9(5-17-3)10(13)11(14)16-12/h4H,5H2,1-3H3,(H2,14,15,16). The number of nitrogens with zero attached hydrogens (tertiary/aromatic N) is 2. The van der Waals surface area contributed by atoms with Crippen molar-refractivity contribution in [1.29, 1.82) is 0 Å². The van der Waals surface area contributed by atoms with Gasteiger partial charge in [-0.25, -0.2) is 9.97 Å². The fraction of sp³-hybridized carbons (Fsp3) is 0.333. The van der Waals surface area contributed by atoms with Crippen LogP contribution in [-0.4, -0.2) is 17.1 Å². The fourth-order valence-corrected chi connectivity index (χ4v) is 3.04. The summed E-state index contributed by atoms with van der Waals surface area (Å²) in [6.45, 7) is 4.59. The zero-order valence-corrected chi connectivity index (χ0v) is 13.4. The minimum atomic E-state index is 0.445. The molecule has 0 aromatic carbocycles. The van der Waals surface area contributed by atoms with Gasteiger partial charge in [-0.05, 0) is 42.5 Å². The van der Waals surface area contributed by atoms with Crippen molar-refractivity contribution in [1.82, 2.24) is 9.97 Å². The molecular formula is C12H14IN3OS. The predicted molar refractivity (Wildman–Crippen MR) is 82.7 cm³/mol. The Morgan fingerprint density at radius 1 is 1.39 bits per heavy atom. The van der Waals surface area contributed by atoms with Gasteiger partial charge in [0.15, 0.2) is 5.82 Å². The molecule has 0 aliphatic carbocycles. The quantitative estimate of drug-likeness (QED) is 0.838. The molecule has 2 heterocycles. The van der Waals surface area contributed by atoms with Gasteiger partial charge in [0.1, 0.15) is 5.82 Å². The number of nitrogen functional groups attached to an aromatic ring is 1. The second-order valence-electron chi connectivity index (χ2n) is 3.95. The van der Waals surface area contributed by atoms with Crippen LogP contribution < -0.4 is 5.73 Å². The number of anilines is 1. The molecule has 6 heteroatoms. The third kappa shape index (κ3) is 2.65. The molecule has 0 saturated carbocycles. The third-order valence-electron chi connectivity index (χ3n) is 2.51. The minimum absolute atomic E-state index is 0.445. The Balaban J connectivity index is 2.55. The Kier molecular flexibility index (Phi) is 4.18. The van der Waals surface area contributed by atoms with Crippen molar-refractivity contribution in [2.75, 3.05) is 12.8 Å². The first kappa shape index (κ1) is 13.7. The molecule has 2 rings (SSSR count). The number of aryl methyl sites for hydroxylation is 2. The number of thiophene rings is 1. The fourth-order valence-electron chi connectivity index (χ4n) is 1.72. The molecule has 0 bridgehead atoms. The summed E-state index contributed by atoms with van der Waals surface area (Å²) >= 11 is 3.89. The first-order chi connectivity index (χ1) is 8.52. The lowest BCUT2D eigenvalue weighted by Crippen LogP contribution is -2.05. The molecule has 4 nitrogen and oxygen atoms in total. The summed E-state index contributed by atoms with van der Waals surface area (Å²) in [7, 11) is 1.65. The van der Waals surface area contributed by atoms with Gasteiger partial charge in [0.25, 0.3) is 0 Å². The smallest absolute Gasteiger partial charge is 0.163 e. The van der Waals surface area contributed by atoms with Crippen LogP contribution in [0.5, 0.6) is 0 Å². The van der Waals surface area contributed by atoms with Crippen molar-refractivity contribution in [3.63, 3.8) is 0 Å². The van der Waals surface area contributed by atoms with Crippen LogP contribution in [0.15, 0.2) is 6.07 Å². The lowest BCUT2D eigenvalue weighted by atomic mass is 10.2. The van der Waals surface area contributed by atoms with Gasteiger partial charge in [0.2, 0.25) is 0 Å². The molecule has 0 saturated heterocycles. The van der Waals surface area contributed by atoms with Gasteiger partial charge in [0, 0.05) is 22.4 Å². The number of halogens is 1. The minimum Gasteiger partial charge on any atom is -0.383 e. The van der Waals surface area contributed by atoms with Gasteiger partial charge in [-0.2, -0.15) is 0 Å².